The van der Waals surface area contributed by atoms with E-state index in [1.807, 2.05) is 6.92 Å². The molecule has 5 heteroatoms. The Hall–Kier alpha value is -1.26. The van der Waals surface area contributed by atoms with E-state index in [1.54, 1.807) is 14.1 Å². The van der Waals surface area contributed by atoms with Crippen LogP contribution in [-0.2, 0) is 4.79 Å². The highest BCUT2D eigenvalue weighted by Gasteiger charge is 2.13. The zero-order valence-electron chi connectivity index (χ0n) is 8.39. The second kappa shape index (κ2) is 6.28. The Bertz CT molecular complexity index is 182. The molecule has 0 atom stereocenters. The fourth-order valence-electron chi connectivity index (χ4n) is 0.933. The smallest absolute Gasteiger partial charge is 0.317 e. The van der Waals surface area contributed by atoms with Gasteiger partial charge >= 0.3 is 6.03 Å². The van der Waals surface area contributed by atoms with Gasteiger partial charge in [0.25, 0.3) is 0 Å². The average Bonchev–Trinajstić information content (AvgIpc) is 2.15. The molecule has 0 radical (unpaired) electrons. The van der Waals surface area contributed by atoms with Crippen molar-refractivity contribution in [1.82, 2.24) is 15.5 Å². The summed E-state index contributed by atoms with van der Waals surface area (Å²) in [4.78, 5) is 23.6. The van der Waals surface area contributed by atoms with Gasteiger partial charge in [-0.15, -0.1) is 0 Å². The van der Waals surface area contributed by atoms with E-state index in [9.17, 15) is 9.59 Å². The summed E-state index contributed by atoms with van der Waals surface area (Å²) in [5.41, 5.74) is 0. The minimum Gasteiger partial charge on any atom is -0.358 e. The molecule has 0 aliphatic rings. The summed E-state index contributed by atoms with van der Waals surface area (Å²) in [5, 5.41) is 4.96. The molecule has 0 aromatic heterocycles. The molecular weight excluding hydrogens is 170 g/mol. The van der Waals surface area contributed by atoms with E-state index in [0.29, 0.717) is 6.54 Å². The van der Waals surface area contributed by atoms with Crippen LogP contribution in [0.3, 0.4) is 0 Å². The standard InChI is InChI=1S/C8H17N3O2/c1-4-5-11(8(13)10-3)6-7(12)9-2/h4-6H2,1-3H3,(H,9,12)(H,10,13). The number of urea groups is 1. The van der Waals surface area contributed by atoms with Crippen molar-refractivity contribution in [1.29, 1.82) is 0 Å². The Morgan fingerprint density at radius 3 is 2.23 bits per heavy atom. The summed E-state index contributed by atoms with van der Waals surface area (Å²) in [7, 11) is 3.10. The highest BCUT2D eigenvalue weighted by molar-refractivity contribution is 5.83. The maximum atomic E-state index is 11.2. The fourth-order valence-corrected chi connectivity index (χ4v) is 0.933. The summed E-state index contributed by atoms with van der Waals surface area (Å²) in [6, 6.07) is -0.217. The summed E-state index contributed by atoms with van der Waals surface area (Å²) < 4.78 is 0. The maximum Gasteiger partial charge on any atom is 0.317 e. The third-order valence-electron chi connectivity index (χ3n) is 1.61. The molecule has 3 amide bonds. The Balaban J connectivity index is 4.08. The Morgan fingerprint density at radius 2 is 1.85 bits per heavy atom. The number of likely N-dealkylation sites (N-methyl/N-ethyl adjacent to an activating group) is 1. The molecule has 0 saturated heterocycles. The van der Waals surface area contributed by atoms with Gasteiger partial charge in [0, 0.05) is 20.6 Å². The lowest BCUT2D eigenvalue weighted by Crippen LogP contribution is -2.44. The van der Waals surface area contributed by atoms with Crippen molar-refractivity contribution in [2.75, 3.05) is 27.2 Å². The van der Waals surface area contributed by atoms with E-state index in [-0.39, 0.29) is 18.5 Å². The largest absolute Gasteiger partial charge is 0.358 e. The predicted octanol–water partition coefficient (Wildman–Crippen LogP) is -0.216. The number of amides is 3. The van der Waals surface area contributed by atoms with Gasteiger partial charge in [-0.3, -0.25) is 4.79 Å². The second-order valence-corrected chi connectivity index (χ2v) is 2.65. The first-order valence-electron chi connectivity index (χ1n) is 4.32. The average molecular weight is 187 g/mol. The van der Waals surface area contributed by atoms with Crippen molar-refractivity contribution < 1.29 is 9.59 Å². The number of hydrogen-bond donors (Lipinski definition) is 2. The summed E-state index contributed by atoms with van der Waals surface area (Å²) in [6.07, 6.45) is 0.838. The van der Waals surface area contributed by atoms with Crippen molar-refractivity contribution >= 4 is 11.9 Å². The van der Waals surface area contributed by atoms with Crippen LogP contribution < -0.4 is 10.6 Å². The quantitative estimate of drug-likeness (QED) is 0.639. The Labute approximate surface area is 78.5 Å². The molecule has 0 heterocycles. The molecule has 0 saturated carbocycles. The van der Waals surface area contributed by atoms with Crippen LogP contribution in [0.2, 0.25) is 0 Å². The fraction of sp³-hybridized carbons (Fsp3) is 0.750. The van der Waals surface area contributed by atoms with Crippen LogP contribution in [0.25, 0.3) is 0 Å². The number of hydrogen-bond acceptors (Lipinski definition) is 2. The lowest BCUT2D eigenvalue weighted by molar-refractivity contribution is -0.121. The molecular formula is C8H17N3O2. The zero-order chi connectivity index (χ0) is 10.3. The van der Waals surface area contributed by atoms with Crippen LogP contribution in [0.5, 0.6) is 0 Å². The van der Waals surface area contributed by atoms with Gasteiger partial charge < -0.3 is 15.5 Å². The molecule has 0 fully saturated rings. The number of rotatable bonds is 4. The number of nitrogens with zero attached hydrogens (tertiary/aromatic N) is 1. The van der Waals surface area contributed by atoms with Gasteiger partial charge in [-0.1, -0.05) is 6.92 Å². The minimum atomic E-state index is -0.217. The van der Waals surface area contributed by atoms with Crippen molar-refractivity contribution in [2.24, 2.45) is 0 Å². The van der Waals surface area contributed by atoms with Gasteiger partial charge in [0.2, 0.25) is 5.91 Å². The van der Waals surface area contributed by atoms with Gasteiger partial charge in [0.1, 0.15) is 6.54 Å². The molecule has 13 heavy (non-hydrogen) atoms. The van der Waals surface area contributed by atoms with Crippen LogP contribution in [0, 0.1) is 0 Å². The summed E-state index contributed by atoms with van der Waals surface area (Å²) >= 11 is 0. The van der Waals surface area contributed by atoms with Crippen LogP contribution in [0.15, 0.2) is 0 Å². The van der Waals surface area contributed by atoms with Crippen molar-refractivity contribution in [3.63, 3.8) is 0 Å². The van der Waals surface area contributed by atoms with Crippen LogP contribution >= 0.6 is 0 Å². The van der Waals surface area contributed by atoms with Gasteiger partial charge in [-0.2, -0.15) is 0 Å². The molecule has 0 unspecified atom stereocenters. The monoisotopic (exact) mass is 187 g/mol. The molecule has 0 bridgehead atoms. The first-order valence-corrected chi connectivity index (χ1v) is 4.32. The van der Waals surface area contributed by atoms with E-state index in [2.05, 4.69) is 10.6 Å². The highest BCUT2D eigenvalue weighted by Crippen LogP contribution is 1.91. The minimum absolute atomic E-state index is 0.115. The first kappa shape index (κ1) is 11.7. The Morgan fingerprint density at radius 1 is 1.23 bits per heavy atom. The zero-order valence-corrected chi connectivity index (χ0v) is 8.39. The molecule has 0 rings (SSSR count). The molecule has 0 aliphatic carbocycles. The maximum absolute atomic E-state index is 11.2. The van der Waals surface area contributed by atoms with Crippen molar-refractivity contribution in [3.05, 3.63) is 0 Å². The summed E-state index contributed by atoms with van der Waals surface area (Å²) in [5.74, 6) is -0.156. The number of nitrogens with one attached hydrogen (secondary N) is 2. The van der Waals surface area contributed by atoms with Gasteiger partial charge in [0.05, 0.1) is 0 Å². The first-order chi connectivity index (χ1) is 6.15. The third-order valence-corrected chi connectivity index (χ3v) is 1.61. The summed E-state index contributed by atoms with van der Waals surface area (Å²) in [6.45, 7) is 2.66. The van der Waals surface area contributed by atoms with Gasteiger partial charge in [-0.25, -0.2) is 4.79 Å². The Kier molecular flexibility index (Phi) is 5.67. The normalized spacial score (nSPS) is 9.15. The molecule has 76 valence electrons. The highest BCUT2D eigenvalue weighted by atomic mass is 16.2. The van der Waals surface area contributed by atoms with Crippen molar-refractivity contribution in [2.45, 2.75) is 13.3 Å². The molecule has 2 N–H and O–H groups in total. The second-order valence-electron chi connectivity index (χ2n) is 2.65. The van der Waals surface area contributed by atoms with E-state index >= 15 is 0 Å². The van der Waals surface area contributed by atoms with Crippen LogP contribution in [-0.4, -0.2) is 44.0 Å². The number of carbonyl (C=O) groups excluding carboxylic acids is 2. The molecule has 0 aromatic rings. The van der Waals surface area contributed by atoms with E-state index in [4.69, 9.17) is 0 Å². The predicted molar refractivity (Wildman–Crippen MR) is 50.4 cm³/mol. The van der Waals surface area contributed by atoms with Gasteiger partial charge in [-0.05, 0) is 6.42 Å². The molecule has 0 aromatic carbocycles. The van der Waals surface area contributed by atoms with E-state index in [1.165, 1.54) is 4.90 Å². The number of carbonyl (C=O) groups is 2. The third kappa shape index (κ3) is 4.35. The van der Waals surface area contributed by atoms with E-state index in [0.717, 1.165) is 6.42 Å². The SMILES string of the molecule is CCCN(CC(=O)NC)C(=O)NC. The van der Waals surface area contributed by atoms with Crippen LogP contribution in [0.1, 0.15) is 13.3 Å². The van der Waals surface area contributed by atoms with Gasteiger partial charge in [0.15, 0.2) is 0 Å². The lowest BCUT2D eigenvalue weighted by Gasteiger charge is -2.20. The molecule has 0 spiro atoms. The van der Waals surface area contributed by atoms with Crippen LogP contribution in [0.4, 0.5) is 4.79 Å². The van der Waals surface area contributed by atoms with Crippen molar-refractivity contribution in [3.8, 4) is 0 Å². The molecule has 0 aliphatic heterocycles. The van der Waals surface area contributed by atoms with E-state index < -0.39 is 0 Å². The molecule has 5 nitrogen and oxygen atoms in total. The lowest BCUT2D eigenvalue weighted by atomic mass is 10.4. The topological polar surface area (TPSA) is 61.4 Å².